The number of nitro benzene ring substituents is 1. The average molecular weight is 339 g/mol. The Bertz CT molecular complexity index is 622. The molecule has 24 heavy (non-hydrogen) atoms. The van der Waals surface area contributed by atoms with E-state index in [-0.39, 0.29) is 12.1 Å². The van der Waals surface area contributed by atoms with E-state index in [0.29, 0.717) is 31.6 Å². The van der Waals surface area contributed by atoms with Gasteiger partial charge in [0.2, 0.25) is 5.82 Å². The molecule has 0 aromatic heterocycles. The fraction of sp³-hybridized carbons (Fsp3) is 0.562. The van der Waals surface area contributed by atoms with Crippen molar-refractivity contribution < 1.29 is 18.8 Å². The molecule has 0 atom stereocenters. The van der Waals surface area contributed by atoms with Gasteiger partial charge >= 0.3 is 11.8 Å². The van der Waals surface area contributed by atoms with E-state index in [4.69, 9.17) is 4.74 Å². The van der Waals surface area contributed by atoms with E-state index in [1.54, 1.807) is 4.90 Å². The second kappa shape index (κ2) is 7.02. The van der Waals surface area contributed by atoms with E-state index >= 15 is 0 Å². The van der Waals surface area contributed by atoms with E-state index in [1.165, 1.54) is 12.1 Å². The Labute approximate surface area is 139 Å². The maximum Gasteiger partial charge on any atom is 0.410 e. The van der Waals surface area contributed by atoms with Crippen molar-refractivity contribution >= 4 is 17.5 Å². The zero-order valence-electron chi connectivity index (χ0n) is 14.0. The molecule has 0 radical (unpaired) electrons. The Hall–Kier alpha value is -2.38. The van der Waals surface area contributed by atoms with Gasteiger partial charge in [-0.15, -0.1) is 0 Å². The lowest BCUT2D eigenvalue weighted by Gasteiger charge is -2.34. The molecule has 2 rings (SSSR count). The van der Waals surface area contributed by atoms with Gasteiger partial charge in [0, 0.05) is 30.9 Å². The summed E-state index contributed by atoms with van der Waals surface area (Å²) < 4.78 is 18.7. The highest BCUT2D eigenvalue weighted by molar-refractivity contribution is 5.68. The maximum atomic E-state index is 13.3. The minimum Gasteiger partial charge on any atom is -0.444 e. The van der Waals surface area contributed by atoms with Crippen molar-refractivity contribution in [3.05, 3.63) is 34.1 Å². The Balaban J connectivity index is 1.90. The van der Waals surface area contributed by atoms with Crippen molar-refractivity contribution in [1.82, 2.24) is 4.90 Å². The van der Waals surface area contributed by atoms with Crippen LogP contribution in [0.3, 0.4) is 0 Å². The van der Waals surface area contributed by atoms with Crippen LogP contribution in [0.15, 0.2) is 18.2 Å². The Morgan fingerprint density at radius 1 is 1.38 bits per heavy atom. The second-order valence-electron chi connectivity index (χ2n) is 6.81. The van der Waals surface area contributed by atoms with E-state index in [9.17, 15) is 19.3 Å². The summed E-state index contributed by atoms with van der Waals surface area (Å²) in [5.74, 6) is -0.856. The molecule has 1 amide bonds. The van der Waals surface area contributed by atoms with Gasteiger partial charge in [-0.05, 0) is 45.7 Å². The summed E-state index contributed by atoms with van der Waals surface area (Å²) >= 11 is 0. The van der Waals surface area contributed by atoms with Crippen LogP contribution in [0.1, 0.15) is 33.6 Å². The maximum absolute atomic E-state index is 13.3. The molecule has 0 spiro atoms. The number of piperidine rings is 1. The Kier molecular flexibility index (Phi) is 5.26. The van der Waals surface area contributed by atoms with Crippen molar-refractivity contribution in [1.29, 1.82) is 0 Å². The van der Waals surface area contributed by atoms with Crippen LogP contribution in [-0.4, -0.2) is 40.6 Å². The molecule has 1 saturated heterocycles. The van der Waals surface area contributed by atoms with Crippen molar-refractivity contribution in [3.63, 3.8) is 0 Å². The molecule has 1 aliphatic heterocycles. The molecule has 1 aromatic carbocycles. The molecule has 0 aliphatic carbocycles. The number of nitrogens with one attached hydrogen (secondary N) is 1. The molecular weight excluding hydrogens is 317 g/mol. The minimum absolute atomic E-state index is 0.0637. The third kappa shape index (κ3) is 4.81. The molecule has 7 nitrogen and oxygen atoms in total. The zero-order valence-corrected chi connectivity index (χ0v) is 14.0. The quantitative estimate of drug-likeness (QED) is 0.672. The number of nitrogens with zero attached hydrogens (tertiary/aromatic N) is 2. The summed E-state index contributed by atoms with van der Waals surface area (Å²) in [5.41, 5.74) is -0.579. The number of amides is 1. The molecular formula is C16H22FN3O4. The SMILES string of the molecule is CC(C)(C)OC(=O)N1CCC(Nc2ccc(F)c([N+](=O)[O-])c2)CC1. The number of carbonyl (C=O) groups is 1. The number of nitro groups is 1. The van der Waals surface area contributed by atoms with Crippen molar-refractivity contribution in [2.75, 3.05) is 18.4 Å². The number of benzene rings is 1. The summed E-state index contributed by atoms with van der Waals surface area (Å²) in [6.45, 7) is 6.54. The van der Waals surface area contributed by atoms with Crippen LogP contribution in [0, 0.1) is 15.9 Å². The van der Waals surface area contributed by atoms with Crippen molar-refractivity contribution in [2.24, 2.45) is 0 Å². The second-order valence-corrected chi connectivity index (χ2v) is 6.81. The third-order valence-electron chi connectivity index (χ3n) is 3.66. The van der Waals surface area contributed by atoms with Crippen LogP contribution in [0.5, 0.6) is 0 Å². The van der Waals surface area contributed by atoms with Gasteiger partial charge in [0.1, 0.15) is 5.60 Å². The summed E-state index contributed by atoms with van der Waals surface area (Å²) in [7, 11) is 0. The molecule has 0 unspecified atom stereocenters. The van der Waals surface area contributed by atoms with Gasteiger partial charge in [-0.25, -0.2) is 4.79 Å². The lowest BCUT2D eigenvalue weighted by Crippen LogP contribution is -2.44. The molecule has 1 aliphatic rings. The highest BCUT2D eigenvalue weighted by Gasteiger charge is 2.27. The van der Waals surface area contributed by atoms with Crippen molar-refractivity contribution in [3.8, 4) is 0 Å². The summed E-state index contributed by atoms with van der Waals surface area (Å²) in [4.78, 5) is 23.7. The third-order valence-corrected chi connectivity index (χ3v) is 3.66. The summed E-state index contributed by atoms with van der Waals surface area (Å²) in [5, 5.41) is 13.9. The standard InChI is InChI=1S/C16H22FN3O4/c1-16(2,3)24-15(21)19-8-6-11(7-9-19)18-12-4-5-13(17)14(10-12)20(22)23/h4-5,10-11,18H,6-9H2,1-3H3. The molecule has 1 aromatic rings. The molecule has 0 bridgehead atoms. The first-order valence-corrected chi connectivity index (χ1v) is 7.84. The summed E-state index contributed by atoms with van der Waals surface area (Å²) in [6, 6.07) is 3.81. The first-order valence-electron chi connectivity index (χ1n) is 7.84. The fourth-order valence-electron chi connectivity index (χ4n) is 2.51. The lowest BCUT2D eigenvalue weighted by molar-refractivity contribution is -0.387. The van der Waals surface area contributed by atoms with E-state index in [2.05, 4.69) is 5.32 Å². The number of likely N-dealkylation sites (tertiary alicyclic amines) is 1. The molecule has 1 heterocycles. The fourth-order valence-corrected chi connectivity index (χ4v) is 2.51. The van der Waals surface area contributed by atoms with Gasteiger partial charge < -0.3 is 15.0 Å². The van der Waals surface area contributed by atoms with Gasteiger partial charge in [0.15, 0.2) is 0 Å². The number of halogens is 1. The van der Waals surface area contributed by atoms with Gasteiger partial charge in [0.25, 0.3) is 0 Å². The number of carbonyl (C=O) groups excluding carboxylic acids is 1. The van der Waals surface area contributed by atoms with Gasteiger partial charge in [-0.1, -0.05) is 0 Å². The predicted molar refractivity (Wildman–Crippen MR) is 87.5 cm³/mol. The molecule has 132 valence electrons. The molecule has 1 N–H and O–H groups in total. The molecule has 8 heteroatoms. The monoisotopic (exact) mass is 339 g/mol. The largest absolute Gasteiger partial charge is 0.444 e. The van der Waals surface area contributed by atoms with E-state index in [0.717, 1.165) is 6.07 Å². The average Bonchev–Trinajstić information content (AvgIpc) is 2.48. The smallest absolute Gasteiger partial charge is 0.410 e. The number of anilines is 1. The first kappa shape index (κ1) is 18.0. The van der Waals surface area contributed by atoms with Gasteiger partial charge in [-0.3, -0.25) is 10.1 Å². The first-order chi connectivity index (χ1) is 11.2. The normalized spacial score (nSPS) is 15.9. The number of rotatable bonds is 3. The van der Waals surface area contributed by atoms with Crippen molar-refractivity contribution in [2.45, 2.75) is 45.3 Å². The minimum atomic E-state index is -0.856. The van der Waals surface area contributed by atoms with Crippen LogP contribution in [-0.2, 0) is 4.74 Å². The Morgan fingerprint density at radius 3 is 2.54 bits per heavy atom. The molecule has 0 saturated carbocycles. The zero-order chi connectivity index (χ0) is 17.9. The highest BCUT2D eigenvalue weighted by Crippen LogP contribution is 2.24. The van der Waals surface area contributed by atoms with Crippen LogP contribution < -0.4 is 5.32 Å². The lowest BCUT2D eigenvalue weighted by atomic mass is 10.0. The Morgan fingerprint density at radius 2 is 2.00 bits per heavy atom. The van der Waals surface area contributed by atoms with Crippen LogP contribution in [0.25, 0.3) is 0 Å². The van der Waals surface area contributed by atoms with Crippen LogP contribution >= 0.6 is 0 Å². The molecule has 1 fully saturated rings. The predicted octanol–water partition coefficient (Wildman–Crippen LogP) is 3.55. The highest BCUT2D eigenvalue weighted by atomic mass is 19.1. The van der Waals surface area contributed by atoms with Gasteiger partial charge in [0.05, 0.1) is 4.92 Å². The number of hydrogen-bond donors (Lipinski definition) is 1. The topological polar surface area (TPSA) is 84.7 Å². The van der Waals surface area contributed by atoms with Crippen LogP contribution in [0.4, 0.5) is 20.6 Å². The van der Waals surface area contributed by atoms with E-state index < -0.39 is 22.0 Å². The summed E-state index contributed by atoms with van der Waals surface area (Å²) in [6.07, 6.45) is 1.04. The van der Waals surface area contributed by atoms with Crippen LogP contribution in [0.2, 0.25) is 0 Å². The van der Waals surface area contributed by atoms with E-state index in [1.807, 2.05) is 20.8 Å². The number of ether oxygens (including phenoxy) is 1. The number of hydrogen-bond acceptors (Lipinski definition) is 5. The van der Waals surface area contributed by atoms with Gasteiger partial charge in [-0.2, -0.15) is 4.39 Å².